The Morgan fingerprint density at radius 2 is 2.00 bits per heavy atom. The summed E-state index contributed by atoms with van der Waals surface area (Å²) in [5.41, 5.74) is 0.547. The lowest BCUT2D eigenvalue weighted by Crippen LogP contribution is -2.36. The topological polar surface area (TPSA) is 75.4 Å². The molecule has 0 spiro atoms. The summed E-state index contributed by atoms with van der Waals surface area (Å²) in [7, 11) is 1.70. The van der Waals surface area contributed by atoms with E-state index in [2.05, 4.69) is 5.10 Å². The van der Waals surface area contributed by atoms with Crippen LogP contribution in [-0.2, 0) is 0 Å². The Kier molecular flexibility index (Phi) is 4.76. The minimum atomic E-state index is -0.341. The molecule has 1 amide bonds. The lowest BCUT2D eigenvalue weighted by molar-refractivity contribution is 0.0686. The Morgan fingerprint density at radius 3 is 2.67 bits per heavy atom. The van der Waals surface area contributed by atoms with Crippen LogP contribution in [0.25, 0.3) is 5.69 Å². The Labute approximate surface area is 140 Å². The van der Waals surface area contributed by atoms with Crippen LogP contribution in [0.4, 0.5) is 0 Å². The molecule has 1 aliphatic carbocycles. The molecule has 1 aromatic heterocycles. The third-order valence-electron chi connectivity index (χ3n) is 4.49. The second kappa shape index (κ2) is 6.97. The summed E-state index contributed by atoms with van der Waals surface area (Å²) in [4.78, 5) is 26.2. The van der Waals surface area contributed by atoms with Gasteiger partial charge in [0.25, 0.3) is 11.5 Å². The average molecular weight is 327 g/mol. The number of benzene rings is 1. The molecule has 2 unspecified atom stereocenters. The van der Waals surface area contributed by atoms with Crippen LogP contribution in [-0.4, -0.2) is 45.4 Å². The highest BCUT2D eigenvalue weighted by atomic mass is 16.3. The Balaban J connectivity index is 1.81. The predicted octanol–water partition coefficient (Wildman–Crippen LogP) is 1.47. The van der Waals surface area contributed by atoms with E-state index in [0.29, 0.717) is 12.2 Å². The van der Waals surface area contributed by atoms with Gasteiger partial charge in [0.05, 0.1) is 11.8 Å². The second-order valence-corrected chi connectivity index (χ2v) is 6.25. The molecule has 6 heteroatoms. The maximum atomic E-state index is 12.6. The van der Waals surface area contributed by atoms with Crippen LogP contribution >= 0.6 is 0 Å². The van der Waals surface area contributed by atoms with E-state index in [-0.39, 0.29) is 29.2 Å². The van der Waals surface area contributed by atoms with Crippen molar-refractivity contribution in [3.63, 3.8) is 0 Å². The maximum Gasteiger partial charge on any atom is 0.274 e. The number of carbonyl (C=O) groups excluding carboxylic acids is 1. The van der Waals surface area contributed by atoms with Crippen LogP contribution in [0.5, 0.6) is 0 Å². The molecule has 0 bridgehead atoms. The van der Waals surface area contributed by atoms with Gasteiger partial charge >= 0.3 is 0 Å². The summed E-state index contributed by atoms with van der Waals surface area (Å²) >= 11 is 0. The molecule has 24 heavy (non-hydrogen) atoms. The van der Waals surface area contributed by atoms with E-state index >= 15 is 0 Å². The van der Waals surface area contributed by atoms with Crippen molar-refractivity contribution in [1.82, 2.24) is 14.7 Å². The van der Waals surface area contributed by atoms with Crippen molar-refractivity contribution in [2.45, 2.75) is 25.4 Å². The number of aliphatic hydroxyl groups is 1. The largest absolute Gasteiger partial charge is 0.393 e. The fourth-order valence-corrected chi connectivity index (χ4v) is 3.14. The summed E-state index contributed by atoms with van der Waals surface area (Å²) < 4.78 is 1.23. The number of amides is 1. The molecule has 1 saturated carbocycles. The van der Waals surface area contributed by atoms with E-state index < -0.39 is 0 Å². The van der Waals surface area contributed by atoms with Gasteiger partial charge in [-0.05, 0) is 31.0 Å². The monoisotopic (exact) mass is 327 g/mol. The Bertz CT molecular complexity index is 773. The first-order chi connectivity index (χ1) is 11.6. The lowest BCUT2D eigenvalue weighted by atomic mass is 10.1. The van der Waals surface area contributed by atoms with Crippen molar-refractivity contribution < 1.29 is 9.90 Å². The van der Waals surface area contributed by atoms with Gasteiger partial charge in [-0.25, -0.2) is 0 Å². The summed E-state index contributed by atoms with van der Waals surface area (Å²) in [5.74, 6) is -0.141. The minimum absolute atomic E-state index is 0.110. The first-order valence-electron chi connectivity index (χ1n) is 8.15. The van der Waals surface area contributed by atoms with E-state index in [1.54, 1.807) is 24.1 Å². The van der Waals surface area contributed by atoms with Crippen LogP contribution in [0, 0.1) is 5.92 Å². The van der Waals surface area contributed by atoms with Gasteiger partial charge in [0.15, 0.2) is 0 Å². The second-order valence-electron chi connectivity index (χ2n) is 6.25. The molecule has 2 atom stereocenters. The zero-order valence-corrected chi connectivity index (χ0v) is 13.6. The number of para-hydroxylation sites is 1. The first kappa shape index (κ1) is 16.4. The molecule has 1 fully saturated rings. The summed E-state index contributed by atoms with van der Waals surface area (Å²) in [6.07, 6.45) is 2.37. The molecule has 0 radical (unpaired) electrons. The van der Waals surface area contributed by atoms with Gasteiger partial charge in [0, 0.05) is 25.6 Å². The summed E-state index contributed by atoms with van der Waals surface area (Å²) in [6.45, 7) is 0.492. The van der Waals surface area contributed by atoms with Crippen molar-refractivity contribution in [2.75, 3.05) is 13.6 Å². The molecule has 1 heterocycles. The molecule has 0 saturated heterocycles. The number of nitrogens with zero attached hydrogens (tertiary/aromatic N) is 3. The standard InChI is InChI=1S/C18H21N3O3/c1-20(12-13-6-5-9-16(13)22)18(24)15-10-11-17(23)21(19-15)14-7-3-2-4-8-14/h2-4,7-8,10-11,13,16,22H,5-6,9,12H2,1H3. The van der Waals surface area contributed by atoms with Gasteiger partial charge in [0.1, 0.15) is 5.69 Å². The maximum absolute atomic E-state index is 12.6. The molecular formula is C18H21N3O3. The van der Waals surface area contributed by atoms with E-state index in [1.165, 1.54) is 16.8 Å². The normalized spacial score (nSPS) is 20.1. The molecule has 3 rings (SSSR count). The van der Waals surface area contributed by atoms with Crippen LogP contribution in [0.3, 0.4) is 0 Å². The molecule has 126 valence electrons. The van der Waals surface area contributed by atoms with Gasteiger partial charge in [-0.15, -0.1) is 0 Å². The lowest BCUT2D eigenvalue weighted by Gasteiger charge is -2.23. The molecule has 2 aromatic rings. The fraction of sp³-hybridized carbons (Fsp3) is 0.389. The zero-order chi connectivity index (χ0) is 17.1. The highest BCUT2D eigenvalue weighted by molar-refractivity contribution is 5.91. The zero-order valence-electron chi connectivity index (χ0n) is 13.6. The Morgan fingerprint density at radius 1 is 1.25 bits per heavy atom. The SMILES string of the molecule is CN(CC1CCCC1O)C(=O)c1ccc(=O)n(-c2ccccc2)n1. The average Bonchev–Trinajstić information content (AvgIpc) is 3.00. The van der Waals surface area contributed by atoms with Crippen LogP contribution in [0.15, 0.2) is 47.3 Å². The molecule has 6 nitrogen and oxygen atoms in total. The van der Waals surface area contributed by atoms with Crippen molar-refractivity contribution in [2.24, 2.45) is 5.92 Å². The molecule has 1 aliphatic rings. The Hall–Kier alpha value is -2.47. The van der Waals surface area contributed by atoms with Gasteiger partial charge in [0.2, 0.25) is 0 Å². The fourth-order valence-electron chi connectivity index (χ4n) is 3.14. The van der Waals surface area contributed by atoms with Crippen molar-refractivity contribution >= 4 is 5.91 Å². The van der Waals surface area contributed by atoms with Gasteiger partial charge in [-0.2, -0.15) is 9.78 Å². The van der Waals surface area contributed by atoms with E-state index in [9.17, 15) is 14.7 Å². The van der Waals surface area contributed by atoms with Crippen LogP contribution < -0.4 is 5.56 Å². The van der Waals surface area contributed by atoms with Crippen molar-refractivity contribution in [3.8, 4) is 5.69 Å². The highest BCUT2D eigenvalue weighted by Crippen LogP contribution is 2.26. The summed E-state index contributed by atoms with van der Waals surface area (Å²) in [5, 5.41) is 14.1. The van der Waals surface area contributed by atoms with Gasteiger partial charge in [-0.3, -0.25) is 9.59 Å². The van der Waals surface area contributed by atoms with Crippen LogP contribution in [0.1, 0.15) is 29.8 Å². The first-order valence-corrected chi connectivity index (χ1v) is 8.15. The highest BCUT2D eigenvalue weighted by Gasteiger charge is 2.28. The quantitative estimate of drug-likeness (QED) is 0.922. The molecule has 1 N–H and O–H groups in total. The van der Waals surface area contributed by atoms with Gasteiger partial charge < -0.3 is 10.0 Å². The number of rotatable bonds is 4. The number of hydrogen-bond donors (Lipinski definition) is 1. The third-order valence-corrected chi connectivity index (χ3v) is 4.49. The van der Waals surface area contributed by atoms with Crippen molar-refractivity contribution in [1.29, 1.82) is 0 Å². The third kappa shape index (κ3) is 3.38. The summed E-state index contributed by atoms with van der Waals surface area (Å²) in [6, 6.07) is 11.8. The number of hydrogen-bond acceptors (Lipinski definition) is 4. The van der Waals surface area contributed by atoms with Gasteiger partial charge in [-0.1, -0.05) is 24.6 Å². The van der Waals surface area contributed by atoms with E-state index in [0.717, 1.165) is 19.3 Å². The van der Waals surface area contributed by atoms with Crippen LogP contribution in [0.2, 0.25) is 0 Å². The molecular weight excluding hydrogens is 306 g/mol. The van der Waals surface area contributed by atoms with Crippen molar-refractivity contribution in [3.05, 3.63) is 58.5 Å². The number of aliphatic hydroxyl groups excluding tert-OH is 1. The number of aromatic nitrogens is 2. The molecule has 1 aromatic carbocycles. The van der Waals surface area contributed by atoms with E-state index in [1.807, 2.05) is 18.2 Å². The predicted molar refractivity (Wildman–Crippen MR) is 90.1 cm³/mol. The smallest absolute Gasteiger partial charge is 0.274 e. The minimum Gasteiger partial charge on any atom is -0.393 e. The number of carbonyl (C=O) groups is 1. The van der Waals surface area contributed by atoms with E-state index in [4.69, 9.17) is 0 Å². The molecule has 0 aliphatic heterocycles.